The lowest BCUT2D eigenvalue weighted by Crippen LogP contribution is -2.51. The van der Waals surface area contributed by atoms with Gasteiger partial charge in [-0.15, -0.1) is 0 Å². The summed E-state index contributed by atoms with van der Waals surface area (Å²) in [6, 6.07) is 7.63. The number of anilines is 2. The molecule has 2 aliphatic carbocycles. The lowest BCUT2D eigenvalue weighted by Gasteiger charge is -2.37. The van der Waals surface area contributed by atoms with E-state index in [-0.39, 0.29) is 30.9 Å². The molecule has 1 aliphatic heterocycles. The zero-order valence-corrected chi connectivity index (χ0v) is 19.9. The number of hydrogen-bond acceptors (Lipinski definition) is 6. The van der Waals surface area contributed by atoms with Crippen LogP contribution >= 0.6 is 11.3 Å². The van der Waals surface area contributed by atoms with Crippen molar-refractivity contribution < 1.29 is 19.1 Å². The van der Waals surface area contributed by atoms with Crippen LogP contribution in [0.1, 0.15) is 50.5 Å². The minimum Gasteiger partial charge on any atom is -0.410 e. The van der Waals surface area contributed by atoms with E-state index in [1.54, 1.807) is 34.4 Å². The summed E-state index contributed by atoms with van der Waals surface area (Å²) < 4.78 is 5.50. The second-order valence-electron chi connectivity index (χ2n) is 9.22. The molecule has 2 heterocycles. The quantitative estimate of drug-likeness (QED) is 0.627. The molecule has 2 aromatic rings. The summed E-state index contributed by atoms with van der Waals surface area (Å²) in [5.41, 5.74) is 2.33. The molecular formula is C25H30N4O4S. The summed E-state index contributed by atoms with van der Waals surface area (Å²) in [4.78, 5) is 41.8. The fourth-order valence-corrected chi connectivity index (χ4v) is 5.39. The predicted molar refractivity (Wildman–Crippen MR) is 131 cm³/mol. The molecule has 0 spiro atoms. The molecular weight excluding hydrogens is 452 g/mol. The molecule has 0 radical (unpaired) electrons. The maximum atomic E-state index is 13.2. The molecule has 8 nitrogen and oxygen atoms in total. The van der Waals surface area contributed by atoms with Gasteiger partial charge in [0.05, 0.1) is 17.9 Å². The largest absolute Gasteiger partial charge is 0.412 e. The average Bonchev–Trinajstić information content (AvgIpc) is 3.54. The molecule has 0 bridgehead atoms. The molecule has 0 atom stereocenters. The first kappa shape index (κ1) is 22.9. The van der Waals surface area contributed by atoms with E-state index in [1.165, 1.54) is 24.2 Å². The van der Waals surface area contributed by atoms with E-state index < -0.39 is 6.09 Å². The van der Waals surface area contributed by atoms with E-state index in [1.807, 2.05) is 16.8 Å². The highest BCUT2D eigenvalue weighted by Gasteiger charge is 2.40. The van der Waals surface area contributed by atoms with Crippen LogP contribution in [0.15, 0.2) is 35.0 Å². The number of nitrogens with zero attached hydrogens (tertiary/aromatic N) is 2. The van der Waals surface area contributed by atoms with Gasteiger partial charge in [-0.2, -0.15) is 11.3 Å². The van der Waals surface area contributed by atoms with Crippen molar-refractivity contribution in [3.05, 3.63) is 40.6 Å². The number of hydrogen-bond donors (Lipinski definition) is 2. The fraction of sp³-hybridized carbons (Fsp3) is 0.480. The van der Waals surface area contributed by atoms with E-state index in [2.05, 4.69) is 10.6 Å². The average molecular weight is 483 g/mol. The molecule has 0 unspecified atom stereocenters. The van der Waals surface area contributed by atoms with Gasteiger partial charge in [-0.3, -0.25) is 14.5 Å². The summed E-state index contributed by atoms with van der Waals surface area (Å²) in [6.07, 6.45) is 7.14. The lowest BCUT2D eigenvalue weighted by molar-refractivity contribution is -0.122. The molecule has 5 rings (SSSR count). The SMILES string of the molecule is O=C(NCc1ccsc1)Oc1ccc2c(c1)N(C(=O)CNC1CCCCC1)CC(=O)N2C1CC1. The molecule has 1 aromatic carbocycles. The summed E-state index contributed by atoms with van der Waals surface area (Å²) >= 11 is 1.57. The van der Waals surface area contributed by atoms with Crippen molar-refractivity contribution in [2.75, 3.05) is 22.9 Å². The molecule has 2 saturated carbocycles. The third-order valence-corrected chi connectivity index (χ3v) is 7.38. The van der Waals surface area contributed by atoms with E-state index in [0.717, 1.165) is 31.2 Å². The van der Waals surface area contributed by atoms with Gasteiger partial charge in [-0.1, -0.05) is 19.3 Å². The molecule has 9 heteroatoms. The third kappa shape index (κ3) is 5.26. The number of nitrogens with one attached hydrogen (secondary N) is 2. The van der Waals surface area contributed by atoms with Crippen LogP contribution in [-0.4, -0.2) is 43.1 Å². The Kier molecular flexibility index (Phi) is 6.82. The van der Waals surface area contributed by atoms with Gasteiger partial charge in [0.2, 0.25) is 11.8 Å². The summed E-state index contributed by atoms with van der Waals surface area (Å²) in [5.74, 6) is 0.127. The van der Waals surface area contributed by atoms with Gasteiger partial charge in [-0.25, -0.2) is 4.79 Å². The van der Waals surface area contributed by atoms with Crippen molar-refractivity contribution in [2.24, 2.45) is 0 Å². The lowest BCUT2D eigenvalue weighted by atomic mass is 9.95. The number of rotatable bonds is 7. The monoisotopic (exact) mass is 482 g/mol. The van der Waals surface area contributed by atoms with Crippen molar-refractivity contribution in [3.8, 4) is 5.75 Å². The number of thiophene rings is 1. The molecule has 0 saturated heterocycles. The minimum atomic E-state index is -0.561. The van der Waals surface area contributed by atoms with Crippen LogP contribution < -0.4 is 25.2 Å². The molecule has 1 aromatic heterocycles. The van der Waals surface area contributed by atoms with Crippen LogP contribution in [0.3, 0.4) is 0 Å². The molecule has 180 valence electrons. The summed E-state index contributed by atoms with van der Waals surface area (Å²) in [7, 11) is 0. The van der Waals surface area contributed by atoms with Crippen molar-refractivity contribution in [1.29, 1.82) is 0 Å². The van der Waals surface area contributed by atoms with Crippen molar-refractivity contribution >= 4 is 40.6 Å². The maximum Gasteiger partial charge on any atom is 0.412 e. The number of benzene rings is 1. The van der Waals surface area contributed by atoms with Gasteiger partial charge >= 0.3 is 6.09 Å². The highest BCUT2D eigenvalue weighted by molar-refractivity contribution is 7.07. The number of amides is 3. The Balaban J connectivity index is 1.31. The smallest absolute Gasteiger partial charge is 0.410 e. The Hall–Kier alpha value is -2.91. The summed E-state index contributed by atoms with van der Waals surface area (Å²) in [6.45, 7) is 0.574. The Labute approximate surface area is 203 Å². The second-order valence-corrected chi connectivity index (χ2v) is 10.00. The Morgan fingerprint density at radius 2 is 1.88 bits per heavy atom. The first-order chi connectivity index (χ1) is 16.6. The van der Waals surface area contributed by atoms with Gasteiger partial charge in [-0.05, 0) is 60.2 Å². The van der Waals surface area contributed by atoms with Crippen molar-refractivity contribution in [1.82, 2.24) is 10.6 Å². The molecule has 2 N–H and O–H groups in total. The zero-order chi connectivity index (χ0) is 23.5. The second kappa shape index (κ2) is 10.1. The highest BCUT2D eigenvalue weighted by Crippen LogP contribution is 2.42. The van der Waals surface area contributed by atoms with Crippen molar-refractivity contribution in [2.45, 2.75) is 63.6 Å². The first-order valence-electron chi connectivity index (χ1n) is 12.0. The highest BCUT2D eigenvalue weighted by atomic mass is 32.1. The third-order valence-electron chi connectivity index (χ3n) is 6.65. The fourth-order valence-electron chi connectivity index (χ4n) is 4.72. The first-order valence-corrected chi connectivity index (χ1v) is 13.0. The van der Waals surface area contributed by atoms with Gasteiger partial charge in [0, 0.05) is 24.7 Å². The van der Waals surface area contributed by atoms with Crippen LogP contribution in [0.5, 0.6) is 5.75 Å². The summed E-state index contributed by atoms with van der Waals surface area (Å²) in [5, 5.41) is 10.0. The van der Waals surface area contributed by atoms with E-state index in [4.69, 9.17) is 4.74 Å². The minimum absolute atomic E-state index is 0.00247. The molecule has 2 fully saturated rings. The standard InChI is InChI=1S/C25H30N4O4S/c30-23(14-26-18-4-2-1-3-5-18)28-15-24(31)29(19-6-7-19)21-9-8-20(12-22(21)28)33-25(32)27-13-17-10-11-34-16-17/h8-12,16,18-19,26H,1-7,13-15H2,(H,27,32). The van der Waals surface area contributed by atoms with E-state index in [0.29, 0.717) is 29.7 Å². The van der Waals surface area contributed by atoms with Gasteiger partial charge in [0.15, 0.2) is 0 Å². The van der Waals surface area contributed by atoms with Crippen LogP contribution in [-0.2, 0) is 16.1 Å². The predicted octanol–water partition coefficient (Wildman–Crippen LogP) is 3.80. The maximum absolute atomic E-state index is 13.2. The molecule has 34 heavy (non-hydrogen) atoms. The van der Waals surface area contributed by atoms with E-state index >= 15 is 0 Å². The van der Waals surface area contributed by atoms with Crippen molar-refractivity contribution in [3.63, 3.8) is 0 Å². The van der Waals surface area contributed by atoms with Gasteiger partial charge < -0.3 is 20.3 Å². The number of ether oxygens (including phenoxy) is 1. The van der Waals surface area contributed by atoms with Crippen LogP contribution in [0.2, 0.25) is 0 Å². The number of fused-ring (bicyclic) bond motifs is 1. The Bertz CT molecular complexity index is 1050. The zero-order valence-electron chi connectivity index (χ0n) is 19.1. The van der Waals surface area contributed by atoms with Crippen LogP contribution in [0.25, 0.3) is 0 Å². The van der Waals surface area contributed by atoms with E-state index in [9.17, 15) is 14.4 Å². The van der Waals surface area contributed by atoms with Crippen LogP contribution in [0, 0.1) is 0 Å². The molecule has 3 aliphatic rings. The normalized spacial score (nSPS) is 18.5. The Morgan fingerprint density at radius 1 is 1.06 bits per heavy atom. The number of carbonyl (C=O) groups is 3. The Morgan fingerprint density at radius 3 is 2.62 bits per heavy atom. The topological polar surface area (TPSA) is 91.0 Å². The number of carbonyl (C=O) groups excluding carboxylic acids is 3. The molecule has 3 amide bonds. The van der Waals surface area contributed by atoms with Gasteiger partial charge in [0.1, 0.15) is 12.3 Å². The van der Waals surface area contributed by atoms with Crippen LogP contribution in [0.4, 0.5) is 16.2 Å². The van der Waals surface area contributed by atoms with Gasteiger partial charge in [0.25, 0.3) is 0 Å².